The molecule has 1 unspecified atom stereocenters. The summed E-state index contributed by atoms with van der Waals surface area (Å²) in [5.74, 6) is -0.939. The van der Waals surface area contributed by atoms with E-state index in [1.807, 2.05) is 0 Å². The molecule has 5 nitrogen and oxygen atoms in total. The van der Waals surface area contributed by atoms with E-state index < -0.39 is 5.97 Å². The molecule has 0 aromatic heterocycles. The Bertz CT molecular complexity index is 346. The zero-order valence-corrected chi connectivity index (χ0v) is 11.0. The van der Waals surface area contributed by atoms with Crippen molar-refractivity contribution < 1.29 is 14.7 Å². The number of carbonyl (C=O) groups excluding carboxylic acids is 1. The Morgan fingerprint density at radius 1 is 1.11 bits per heavy atom. The molecule has 0 heterocycles. The molecule has 0 aromatic carbocycles. The van der Waals surface area contributed by atoms with E-state index in [1.54, 1.807) is 0 Å². The first-order valence-electron chi connectivity index (χ1n) is 6.68. The lowest BCUT2D eigenvalue weighted by molar-refractivity contribution is -0.142. The van der Waals surface area contributed by atoms with Gasteiger partial charge < -0.3 is 15.7 Å². The molecule has 0 radical (unpaired) electrons. The lowest BCUT2D eigenvalue weighted by Crippen LogP contribution is -2.45. The molecular formula is C13H22N2O3. The lowest BCUT2D eigenvalue weighted by atomic mass is 9.86. The summed E-state index contributed by atoms with van der Waals surface area (Å²) in [7, 11) is 0. The van der Waals surface area contributed by atoms with Crippen LogP contribution in [0.4, 0.5) is 4.79 Å². The van der Waals surface area contributed by atoms with E-state index in [9.17, 15) is 9.59 Å². The summed E-state index contributed by atoms with van der Waals surface area (Å²) >= 11 is 0. The third-order valence-electron chi connectivity index (χ3n) is 4.23. The molecule has 2 fully saturated rings. The van der Waals surface area contributed by atoms with Gasteiger partial charge in [-0.1, -0.05) is 13.8 Å². The van der Waals surface area contributed by atoms with Gasteiger partial charge in [-0.25, -0.2) is 4.79 Å². The number of carbonyl (C=O) groups is 2. The molecule has 0 aromatic rings. The summed E-state index contributed by atoms with van der Waals surface area (Å²) < 4.78 is 0. The second-order valence-corrected chi connectivity index (χ2v) is 6.25. The first-order valence-corrected chi connectivity index (χ1v) is 6.68. The van der Waals surface area contributed by atoms with Crippen LogP contribution < -0.4 is 10.6 Å². The Morgan fingerprint density at radius 2 is 1.67 bits per heavy atom. The van der Waals surface area contributed by atoms with Crippen LogP contribution in [-0.4, -0.2) is 29.2 Å². The highest BCUT2D eigenvalue weighted by molar-refractivity contribution is 5.75. The molecule has 102 valence electrons. The maximum Gasteiger partial charge on any atom is 0.315 e. The molecule has 3 N–H and O–H groups in total. The van der Waals surface area contributed by atoms with Gasteiger partial charge in [0.2, 0.25) is 0 Å². The predicted molar refractivity (Wildman–Crippen MR) is 67.2 cm³/mol. The van der Waals surface area contributed by atoms with E-state index in [1.165, 1.54) is 0 Å². The molecule has 1 atom stereocenters. The summed E-state index contributed by atoms with van der Waals surface area (Å²) in [6.07, 6.45) is 3.88. The Balaban J connectivity index is 1.68. The molecule has 18 heavy (non-hydrogen) atoms. The summed E-state index contributed by atoms with van der Waals surface area (Å²) in [5, 5.41) is 14.8. The smallest absolute Gasteiger partial charge is 0.315 e. The van der Waals surface area contributed by atoms with Gasteiger partial charge >= 0.3 is 12.0 Å². The highest BCUT2D eigenvalue weighted by Crippen LogP contribution is 2.44. The number of hydrogen-bond donors (Lipinski definition) is 3. The highest BCUT2D eigenvalue weighted by atomic mass is 16.4. The summed E-state index contributed by atoms with van der Waals surface area (Å²) in [4.78, 5) is 22.5. The normalized spacial score (nSPS) is 33.6. The monoisotopic (exact) mass is 254 g/mol. The third kappa shape index (κ3) is 3.15. The van der Waals surface area contributed by atoms with Crippen molar-refractivity contribution in [2.75, 3.05) is 0 Å². The second kappa shape index (κ2) is 4.78. The Morgan fingerprint density at radius 3 is 2.11 bits per heavy atom. The topological polar surface area (TPSA) is 78.4 Å². The lowest BCUT2D eigenvalue weighted by Gasteiger charge is -2.27. The number of carboxylic acid groups (broad SMARTS) is 1. The van der Waals surface area contributed by atoms with Crippen LogP contribution in [0.15, 0.2) is 0 Å². The largest absolute Gasteiger partial charge is 0.481 e. The Labute approximate surface area is 107 Å². The Hall–Kier alpha value is -1.26. The van der Waals surface area contributed by atoms with Gasteiger partial charge in [0.25, 0.3) is 0 Å². The average Bonchev–Trinajstić information content (AvgIpc) is 2.86. The van der Waals surface area contributed by atoms with E-state index >= 15 is 0 Å². The number of amides is 2. The van der Waals surface area contributed by atoms with Crippen LogP contribution >= 0.6 is 0 Å². The fourth-order valence-corrected chi connectivity index (χ4v) is 2.58. The van der Waals surface area contributed by atoms with Crippen LogP contribution in [0.1, 0.15) is 46.0 Å². The second-order valence-electron chi connectivity index (χ2n) is 6.25. The maximum absolute atomic E-state index is 11.7. The van der Waals surface area contributed by atoms with Crippen molar-refractivity contribution in [1.82, 2.24) is 10.6 Å². The number of hydrogen-bond acceptors (Lipinski definition) is 2. The predicted octanol–water partition coefficient (Wildman–Crippen LogP) is 1.73. The van der Waals surface area contributed by atoms with Crippen molar-refractivity contribution >= 4 is 12.0 Å². The fourth-order valence-electron chi connectivity index (χ4n) is 2.58. The van der Waals surface area contributed by atoms with E-state index in [4.69, 9.17) is 5.11 Å². The van der Waals surface area contributed by atoms with Crippen LogP contribution in [0, 0.1) is 11.3 Å². The standard InChI is InChI=1S/C13H22N2O3/c1-13(2)7-10(13)15-12(18)14-9-5-3-8(4-6-9)11(16)17/h8-10H,3-7H2,1-2H3,(H,16,17)(H2,14,15,18). The molecule has 2 aliphatic rings. The minimum absolute atomic E-state index is 0.107. The molecular weight excluding hydrogens is 232 g/mol. The number of rotatable bonds is 3. The van der Waals surface area contributed by atoms with Crippen molar-refractivity contribution in [3.05, 3.63) is 0 Å². The minimum Gasteiger partial charge on any atom is -0.481 e. The summed E-state index contributed by atoms with van der Waals surface area (Å²) in [6.45, 7) is 4.27. The molecule has 2 rings (SSSR count). The number of urea groups is 1. The fraction of sp³-hybridized carbons (Fsp3) is 0.846. The third-order valence-corrected chi connectivity index (χ3v) is 4.23. The summed E-state index contributed by atoms with van der Waals surface area (Å²) in [6, 6.07) is 0.305. The zero-order valence-electron chi connectivity index (χ0n) is 11.0. The van der Waals surface area contributed by atoms with Gasteiger partial charge in [-0.2, -0.15) is 0 Å². The molecule has 0 aliphatic heterocycles. The van der Waals surface area contributed by atoms with Gasteiger partial charge in [0, 0.05) is 12.1 Å². The molecule has 0 saturated heterocycles. The van der Waals surface area contributed by atoms with Crippen molar-refractivity contribution in [2.24, 2.45) is 11.3 Å². The quantitative estimate of drug-likeness (QED) is 0.717. The van der Waals surface area contributed by atoms with Crippen molar-refractivity contribution in [2.45, 2.75) is 58.0 Å². The minimum atomic E-state index is -0.711. The van der Waals surface area contributed by atoms with Crippen LogP contribution in [0.25, 0.3) is 0 Å². The molecule has 2 saturated carbocycles. The van der Waals surface area contributed by atoms with Gasteiger partial charge in [0.05, 0.1) is 5.92 Å². The first kappa shape index (κ1) is 13.2. The van der Waals surface area contributed by atoms with Gasteiger partial charge in [-0.15, -0.1) is 0 Å². The van der Waals surface area contributed by atoms with Gasteiger partial charge in [-0.05, 0) is 37.5 Å². The maximum atomic E-state index is 11.7. The molecule has 0 bridgehead atoms. The molecule has 5 heteroatoms. The van der Waals surface area contributed by atoms with E-state index in [2.05, 4.69) is 24.5 Å². The summed E-state index contributed by atoms with van der Waals surface area (Å²) in [5.41, 5.74) is 0.234. The number of nitrogens with one attached hydrogen (secondary N) is 2. The van der Waals surface area contributed by atoms with Gasteiger partial charge in [0.15, 0.2) is 0 Å². The van der Waals surface area contributed by atoms with E-state index in [0.717, 1.165) is 19.3 Å². The van der Waals surface area contributed by atoms with Crippen LogP contribution in [-0.2, 0) is 4.79 Å². The van der Waals surface area contributed by atoms with Crippen molar-refractivity contribution in [3.63, 3.8) is 0 Å². The van der Waals surface area contributed by atoms with Gasteiger partial charge in [0.1, 0.15) is 0 Å². The van der Waals surface area contributed by atoms with Crippen LogP contribution in [0.5, 0.6) is 0 Å². The van der Waals surface area contributed by atoms with Gasteiger partial charge in [-0.3, -0.25) is 4.79 Å². The number of carboxylic acids is 1. The van der Waals surface area contributed by atoms with Crippen LogP contribution in [0.3, 0.4) is 0 Å². The van der Waals surface area contributed by atoms with Crippen molar-refractivity contribution in [3.8, 4) is 0 Å². The molecule has 2 amide bonds. The van der Waals surface area contributed by atoms with Crippen molar-refractivity contribution in [1.29, 1.82) is 0 Å². The molecule has 0 spiro atoms. The van der Waals surface area contributed by atoms with E-state index in [-0.39, 0.29) is 29.4 Å². The molecule has 2 aliphatic carbocycles. The van der Waals surface area contributed by atoms with Crippen LogP contribution in [0.2, 0.25) is 0 Å². The first-order chi connectivity index (χ1) is 8.38. The SMILES string of the molecule is CC1(C)CC1NC(=O)NC1CCC(C(=O)O)CC1. The number of aliphatic carboxylic acids is 1. The average molecular weight is 254 g/mol. The highest BCUT2D eigenvalue weighted by Gasteiger charge is 2.46. The zero-order chi connectivity index (χ0) is 13.3. The Kier molecular flexibility index (Phi) is 3.50. The van der Waals surface area contributed by atoms with E-state index in [0.29, 0.717) is 12.8 Å².